The first-order valence-corrected chi connectivity index (χ1v) is 7.84. The first kappa shape index (κ1) is 16.0. The van der Waals surface area contributed by atoms with Crippen LogP contribution in [-0.2, 0) is 4.79 Å². The number of likely N-dealkylation sites (tertiary alicyclic amines) is 1. The Labute approximate surface area is 127 Å². The first-order valence-electron chi connectivity index (χ1n) is 7.84. The summed E-state index contributed by atoms with van der Waals surface area (Å²) in [5, 5.41) is 3.02. The van der Waals surface area contributed by atoms with Crippen LogP contribution in [-0.4, -0.2) is 36.0 Å². The molecule has 2 rings (SSSR count). The molecular weight excluding hydrogens is 262 g/mol. The normalized spacial score (nSPS) is 21.0. The minimum atomic E-state index is 0.0505. The second kappa shape index (κ2) is 7.05. The van der Waals surface area contributed by atoms with Crippen LogP contribution in [0.5, 0.6) is 0 Å². The summed E-state index contributed by atoms with van der Waals surface area (Å²) >= 11 is 0. The lowest BCUT2D eigenvalue weighted by Crippen LogP contribution is -2.51. The molecule has 0 spiro atoms. The second-order valence-corrected chi connectivity index (χ2v) is 6.26. The molecule has 1 aromatic rings. The summed E-state index contributed by atoms with van der Waals surface area (Å²) < 4.78 is 0. The summed E-state index contributed by atoms with van der Waals surface area (Å²) in [5.74, 6) is 0.0505. The Hall–Kier alpha value is -1.39. The highest BCUT2D eigenvalue weighted by Crippen LogP contribution is 2.20. The predicted octanol–water partition coefficient (Wildman–Crippen LogP) is 2.44. The van der Waals surface area contributed by atoms with Crippen molar-refractivity contribution in [2.75, 3.05) is 18.4 Å². The third-order valence-corrected chi connectivity index (χ3v) is 4.27. The van der Waals surface area contributed by atoms with Gasteiger partial charge in [-0.1, -0.05) is 24.1 Å². The van der Waals surface area contributed by atoms with Crippen molar-refractivity contribution in [1.29, 1.82) is 0 Å². The SMILES string of the molecule is Cc1ccc(NC(=O)CN2CCCCC2C(C)N)c(C)c1. The van der Waals surface area contributed by atoms with Gasteiger partial charge in [-0.15, -0.1) is 0 Å². The Kier molecular flexibility index (Phi) is 5.37. The fourth-order valence-electron chi connectivity index (χ4n) is 3.14. The van der Waals surface area contributed by atoms with Crippen LogP contribution in [0.4, 0.5) is 5.69 Å². The van der Waals surface area contributed by atoms with Crippen molar-refractivity contribution < 1.29 is 4.79 Å². The minimum Gasteiger partial charge on any atom is -0.327 e. The molecule has 4 heteroatoms. The topological polar surface area (TPSA) is 58.4 Å². The van der Waals surface area contributed by atoms with Gasteiger partial charge in [-0.3, -0.25) is 9.69 Å². The number of amides is 1. The third-order valence-electron chi connectivity index (χ3n) is 4.27. The fraction of sp³-hybridized carbons (Fsp3) is 0.588. The van der Waals surface area contributed by atoms with Gasteiger partial charge in [0.1, 0.15) is 0 Å². The van der Waals surface area contributed by atoms with Crippen molar-refractivity contribution in [2.24, 2.45) is 5.73 Å². The zero-order chi connectivity index (χ0) is 15.4. The number of carbonyl (C=O) groups is 1. The maximum Gasteiger partial charge on any atom is 0.238 e. The van der Waals surface area contributed by atoms with Crippen LogP contribution < -0.4 is 11.1 Å². The molecule has 0 aliphatic carbocycles. The quantitative estimate of drug-likeness (QED) is 0.895. The van der Waals surface area contributed by atoms with Crippen LogP contribution in [0.1, 0.15) is 37.3 Å². The molecule has 116 valence electrons. The number of nitrogens with two attached hydrogens (primary N) is 1. The summed E-state index contributed by atoms with van der Waals surface area (Å²) in [6, 6.07) is 6.51. The predicted molar refractivity (Wildman–Crippen MR) is 87.4 cm³/mol. The van der Waals surface area contributed by atoms with Gasteiger partial charge in [-0.25, -0.2) is 0 Å². The second-order valence-electron chi connectivity index (χ2n) is 6.26. The van der Waals surface area contributed by atoms with E-state index < -0.39 is 0 Å². The molecule has 2 unspecified atom stereocenters. The lowest BCUT2D eigenvalue weighted by Gasteiger charge is -2.37. The maximum atomic E-state index is 12.3. The Morgan fingerprint density at radius 2 is 2.19 bits per heavy atom. The Balaban J connectivity index is 1.97. The highest BCUT2D eigenvalue weighted by molar-refractivity contribution is 5.93. The van der Waals surface area contributed by atoms with Gasteiger partial charge < -0.3 is 11.1 Å². The van der Waals surface area contributed by atoms with E-state index in [2.05, 4.69) is 23.2 Å². The number of rotatable bonds is 4. The van der Waals surface area contributed by atoms with E-state index >= 15 is 0 Å². The Bertz CT molecular complexity index is 499. The zero-order valence-corrected chi connectivity index (χ0v) is 13.4. The van der Waals surface area contributed by atoms with Gasteiger partial charge in [0.25, 0.3) is 0 Å². The molecule has 2 atom stereocenters. The average Bonchev–Trinajstić information content (AvgIpc) is 2.42. The summed E-state index contributed by atoms with van der Waals surface area (Å²) in [4.78, 5) is 14.5. The van der Waals surface area contributed by atoms with Crippen LogP contribution >= 0.6 is 0 Å². The molecule has 0 aromatic heterocycles. The van der Waals surface area contributed by atoms with Gasteiger partial charge in [0.15, 0.2) is 0 Å². The fourth-order valence-corrected chi connectivity index (χ4v) is 3.14. The molecule has 3 N–H and O–H groups in total. The van der Waals surface area contributed by atoms with Gasteiger partial charge in [0.2, 0.25) is 5.91 Å². The monoisotopic (exact) mass is 289 g/mol. The van der Waals surface area contributed by atoms with E-state index in [9.17, 15) is 4.79 Å². The molecule has 1 aliphatic rings. The van der Waals surface area contributed by atoms with Gasteiger partial charge in [0.05, 0.1) is 6.54 Å². The van der Waals surface area contributed by atoms with Gasteiger partial charge >= 0.3 is 0 Å². The summed E-state index contributed by atoms with van der Waals surface area (Å²) in [6.45, 7) is 7.50. The van der Waals surface area contributed by atoms with E-state index in [4.69, 9.17) is 5.73 Å². The van der Waals surface area contributed by atoms with E-state index in [-0.39, 0.29) is 11.9 Å². The van der Waals surface area contributed by atoms with Crippen molar-refractivity contribution in [1.82, 2.24) is 4.90 Å². The molecule has 1 heterocycles. The molecule has 0 saturated carbocycles. The highest BCUT2D eigenvalue weighted by Gasteiger charge is 2.26. The number of anilines is 1. The summed E-state index contributed by atoms with van der Waals surface area (Å²) in [5.41, 5.74) is 9.27. The van der Waals surface area contributed by atoms with Gasteiger partial charge in [-0.05, 0) is 51.8 Å². The summed E-state index contributed by atoms with van der Waals surface area (Å²) in [7, 11) is 0. The van der Waals surface area contributed by atoms with Crippen LogP contribution in [0, 0.1) is 13.8 Å². The van der Waals surface area contributed by atoms with Crippen molar-refractivity contribution in [3.8, 4) is 0 Å². The molecule has 21 heavy (non-hydrogen) atoms. The number of aryl methyl sites for hydroxylation is 2. The molecule has 1 aromatic carbocycles. The Morgan fingerprint density at radius 1 is 1.43 bits per heavy atom. The van der Waals surface area contributed by atoms with E-state index in [1.165, 1.54) is 12.0 Å². The molecule has 0 radical (unpaired) electrons. The van der Waals surface area contributed by atoms with Crippen LogP contribution in [0.2, 0.25) is 0 Å². The Morgan fingerprint density at radius 3 is 2.86 bits per heavy atom. The molecule has 1 saturated heterocycles. The van der Waals surface area contributed by atoms with Crippen LogP contribution in [0.25, 0.3) is 0 Å². The number of hydrogen-bond acceptors (Lipinski definition) is 3. The number of nitrogens with one attached hydrogen (secondary N) is 1. The first-order chi connectivity index (χ1) is 9.97. The lowest BCUT2D eigenvalue weighted by atomic mass is 9.97. The maximum absolute atomic E-state index is 12.3. The number of hydrogen-bond donors (Lipinski definition) is 2. The smallest absolute Gasteiger partial charge is 0.238 e. The van der Waals surface area contributed by atoms with Gasteiger partial charge in [-0.2, -0.15) is 0 Å². The standard InChI is InChI=1S/C17H27N3O/c1-12-7-8-15(13(2)10-12)19-17(21)11-20-9-5-4-6-16(20)14(3)18/h7-8,10,14,16H,4-6,9,11,18H2,1-3H3,(H,19,21). The average molecular weight is 289 g/mol. The van der Waals surface area contributed by atoms with Crippen molar-refractivity contribution in [2.45, 2.75) is 52.1 Å². The highest BCUT2D eigenvalue weighted by atomic mass is 16.2. The summed E-state index contributed by atoms with van der Waals surface area (Å²) in [6.07, 6.45) is 3.45. The largest absolute Gasteiger partial charge is 0.327 e. The van der Waals surface area contributed by atoms with Crippen LogP contribution in [0.15, 0.2) is 18.2 Å². The number of carbonyl (C=O) groups excluding carboxylic acids is 1. The van der Waals surface area contributed by atoms with E-state index in [0.717, 1.165) is 30.6 Å². The number of nitrogens with zero attached hydrogens (tertiary/aromatic N) is 1. The van der Waals surface area contributed by atoms with Crippen molar-refractivity contribution in [3.63, 3.8) is 0 Å². The lowest BCUT2D eigenvalue weighted by molar-refractivity contribution is -0.118. The van der Waals surface area contributed by atoms with Crippen LogP contribution in [0.3, 0.4) is 0 Å². The van der Waals surface area contributed by atoms with E-state index in [0.29, 0.717) is 12.6 Å². The zero-order valence-electron chi connectivity index (χ0n) is 13.4. The third kappa shape index (κ3) is 4.29. The molecule has 0 bridgehead atoms. The number of piperidine rings is 1. The molecule has 1 amide bonds. The number of benzene rings is 1. The molecular formula is C17H27N3O. The molecule has 1 fully saturated rings. The molecule has 1 aliphatic heterocycles. The van der Waals surface area contributed by atoms with E-state index in [1.807, 2.05) is 26.0 Å². The van der Waals surface area contributed by atoms with Gasteiger partial charge in [0, 0.05) is 17.8 Å². The van der Waals surface area contributed by atoms with E-state index in [1.54, 1.807) is 0 Å². The van der Waals surface area contributed by atoms with Crippen molar-refractivity contribution >= 4 is 11.6 Å². The van der Waals surface area contributed by atoms with Crippen molar-refractivity contribution in [3.05, 3.63) is 29.3 Å². The minimum absolute atomic E-state index is 0.0505. The molecule has 4 nitrogen and oxygen atoms in total.